The fraction of sp³-hybridized carbons (Fsp3) is 0.500. The highest BCUT2D eigenvalue weighted by molar-refractivity contribution is 5.39. The van der Waals surface area contributed by atoms with Gasteiger partial charge < -0.3 is 14.2 Å². The molecule has 0 saturated heterocycles. The smallest absolute Gasteiger partial charge is 0.168 e. The van der Waals surface area contributed by atoms with Crippen LogP contribution in [0.4, 0.5) is 4.39 Å². The average Bonchev–Trinajstić information content (AvgIpc) is 2.29. The molecule has 0 aliphatic heterocycles. The van der Waals surface area contributed by atoms with Crippen LogP contribution in [0.5, 0.6) is 11.5 Å². The summed E-state index contributed by atoms with van der Waals surface area (Å²) in [6.07, 6.45) is 0.801. The molecule has 0 amide bonds. The van der Waals surface area contributed by atoms with E-state index in [2.05, 4.69) is 0 Å². The van der Waals surface area contributed by atoms with Gasteiger partial charge in [0.25, 0.3) is 0 Å². The van der Waals surface area contributed by atoms with Gasteiger partial charge in [-0.15, -0.1) is 0 Å². The molecule has 16 heavy (non-hydrogen) atoms. The molecule has 0 saturated carbocycles. The lowest BCUT2D eigenvalue weighted by atomic mass is 10.2. The van der Waals surface area contributed by atoms with E-state index in [1.807, 2.05) is 0 Å². The number of aryl methyl sites for hydroxylation is 1. The maximum atomic E-state index is 13.4. The van der Waals surface area contributed by atoms with Gasteiger partial charge in [-0.2, -0.15) is 0 Å². The SMILES string of the molecule is COCCCOc1cc(C)c(F)c(OC)c1. The average molecular weight is 228 g/mol. The van der Waals surface area contributed by atoms with E-state index < -0.39 is 0 Å². The summed E-state index contributed by atoms with van der Waals surface area (Å²) < 4.78 is 28.7. The van der Waals surface area contributed by atoms with Gasteiger partial charge in [0.1, 0.15) is 5.75 Å². The van der Waals surface area contributed by atoms with Gasteiger partial charge in [-0.1, -0.05) is 0 Å². The first kappa shape index (κ1) is 12.8. The monoisotopic (exact) mass is 228 g/mol. The molecule has 1 rings (SSSR count). The highest BCUT2D eigenvalue weighted by Gasteiger charge is 2.08. The molecular weight excluding hydrogens is 211 g/mol. The molecule has 0 radical (unpaired) electrons. The van der Waals surface area contributed by atoms with Gasteiger partial charge >= 0.3 is 0 Å². The first-order chi connectivity index (χ1) is 7.69. The number of rotatable bonds is 6. The number of hydrogen-bond acceptors (Lipinski definition) is 3. The summed E-state index contributed by atoms with van der Waals surface area (Å²) in [5.41, 5.74) is 0.515. The molecule has 90 valence electrons. The third-order valence-corrected chi connectivity index (χ3v) is 2.18. The van der Waals surface area contributed by atoms with Gasteiger partial charge in [-0.05, 0) is 18.6 Å². The van der Waals surface area contributed by atoms with Crippen molar-refractivity contribution in [1.82, 2.24) is 0 Å². The van der Waals surface area contributed by atoms with Crippen molar-refractivity contribution < 1.29 is 18.6 Å². The number of hydrogen-bond donors (Lipinski definition) is 0. The van der Waals surface area contributed by atoms with Crippen molar-refractivity contribution in [1.29, 1.82) is 0 Å². The summed E-state index contributed by atoms with van der Waals surface area (Å²) in [6.45, 7) is 2.87. The van der Waals surface area contributed by atoms with Crippen LogP contribution < -0.4 is 9.47 Å². The van der Waals surface area contributed by atoms with Crippen molar-refractivity contribution in [3.8, 4) is 11.5 Å². The summed E-state index contributed by atoms with van der Waals surface area (Å²) in [7, 11) is 3.08. The Kier molecular flexibility index (Phi) is 5.05. The molecule has 0 N–H and O–H groups in total. The van der Waals surface area contributed by atoms with Gasteiger partial charge in [0, 0.05) is 26.2 Å². The van der Waals surface area contributed by atoms with Crippen LogP contribution in [-0.2, 0) is 4.74 Å². The zero-order valence-electron chi connectivity index (χ0n) is 9.88. The van der Waals surface area contributed by atoms with E-state index in [1.165, 1.54) is 7.11 Å². The maximum Gasteiger partial charge on any atom is 0.168 e. The molecule has 0 unspecified atom stereocenters. The van der Waals surface area contributed by atoms with E-state index in [-0.39, 0.29) is 11.6 Å². The van der Waals surface area contributed by atoms with Crippen LogP contribution in [-0.4, -0.2) is 27.4 Å². The largest absolute Gasteiger partial charge is 0.494 e. The van der Waals surface area contributed by atoms with E-state index >= 15 is 0 Å². The number of benzene rings is 1. The van der Waals surface area contributed by atoms with E-state index in [1.54, 1.807) is 26.2 Å². The van der Waals surface area contributed by atoms with E-state index in [0.29, 0.717) is 24.5 Å². The molecule has 0 spiro atoms. The van der Waals surface area contributed by atoms with Crippen molar-refractivity contribution in [3.05, 3.63) is 23.5 Å². The minimum atomic E-state index is -0.341. The van der Waals surface area contributed by atoms with Crippen LogP contribution in [0, 0.1) is 12.7 Å². The highest BCUT2D eigenvalue weighted by Crippen LogP contribution is 2.26. The van der Waals surface area contributed by atoms with Crippen molar-refractivity contribution in [2.24, 2.45) is 0 Å². The molecule has 3 nitrogen and oxygen atoms in total. The lowest BCUT2D eigenvalue weighted by Gasteiger charge is -2.10. The van der Waals surface area contributed by atoms with E-state index in [4.69, 9.17) is 14.2 Å². The summed E-state index contributed by atoms with van der Waals surface area (Å²) >= 11 is 0. The number of ether oxygens (including phenoxy) is 3. The van der Waals surface area contributed by atoms with Crippen LogP contribution in [0.2, 0.25) is 0 Å². The normalized spacial score (nSPS) is 10.2. The molecule has 4 heteroatoms. The van der Waals surface area contributed by atoms with Crippen molar-refractivity contribution in [2.45, 2.75) is 13.3 Å². The van der Waals surface area contributed by atoms with Crippen LogP contribution in [0.15, 0.2) is 12.1 Å². The van der Waals surface area contributed by atoms with Gasteiger partial charge in [0.15, 0.2) is 11.6 Å². The summed E-state index contributed by atoms with van der Waals surface area (Å²) in [5.74, 6) is 0.486. The lowest BCUT2D eigenvalue weighted by Crippen LogP contribution is -2.02. The third kappa shape index (κ3) is 3.38. The second-order valence-corrected chi connectivity index (χ2v) is 3.45. The number of methoxy groups -OCH3 is 2. The molecule has 0 fully saturated rings. The Hall–Kier alpha value is -1.29. The molecule has 0 aliphatic carbocycles. The predicted octanol–water partition coefficient (Wildman–Crippen LogP) is 2.56. The Balaban J connectivity index is 2.63. The zero-order valence-corrected chi connectivity index (χ0v) is 9.88. The van der Waals surface area contributed by atoms with Gasteiger partial charge in [0.05, 0.1) is 13.7 Å². The molecule has 1 aromatic carbocycles. The molecule has 0 aliphatic rings. The highest BCUT2D eigenvalue weighted by atomic mass is 19.1. The van der Waals surface area contributed by atoms with Crippen molar-refractivity contribution >= 4 is 0 Å². The zero-order chi connectivity index (χ0) is 12.0. The van der Waals surface area contributed by atoms with E-state index in [0.717, 1.165) is 6.42 Å². The lowest BCUT2D eigenvalue weighted by molar-refractivity contribution is 0.172. The van der Waals surface area contributed by atoms with E-state index in [9.17, 15) is 4.39 Å². The predicted molar refractivity (Wildman–Crippen MR) is 59.7 cm³/mol. The van der Waals surface area contributed by atoms with Crippen LogP contribution in [0.25, 0.3) is 0 Å². The number of halogens is 1. The summed E-state index contributed by atoms with van der Waals surface area (Å²) in [6, 6.07) is 3.21. The minimum absolute atomic E-state index is 0.210. The Morgan fingerprint density at radius 1 is 1.19 bits per heavy atom. The summed E-state index contributed by atoms with van der Waals surface area (Å²) in [4.78, 5) is 0. The molecule has 1 aromatic rings. The maximum absolute atomic E-state index is 13.4. The third-order valence-electron chi connectivity index (χ3n) is 2.18. The fourth-order valence-corrected chi connectivity index (χ4v) is 1.33. The Labute approximate surface area is 95.1 Å². The molecule has 0 aromatic heterocycles. The summed E-state index contributed by atoms with van der Waals surface area (Å²) in [5, 5.41) is 0. The quantitative estimate of drug-likeness (QED) is 0.700. The van der Waals surface area contributed by atoms with Crippen LogP contribution >= 0.6 is 0 Å². The Bertz CT molecular complexity index is 339. The fourth-order valence-electron chi connectivity index (χ4n) is 1.33. The Morgan fingerprint density at radius 3 is 2.56 bits per heavy atom. The molecule has 0 atom stereocenters. The minimum Gasteiger partial charge on any atom is -0.494 e. The first-order valence-electron chi connectivity index (χ1n) is 5.15. The molecule has 0 bridgehead atoms. The standard InChI is InChI=1S/C12H17FO3/c1-9-7-10(16-6-4-5-14-2)8-11(15-3)12(9)13/h7-8H,4-6H2,1-3H3. The molecular formula is C12H17FO3. The van der Waals surface area contributed by atoms with Crippen LogP contribution in [0.1, 0.15) is 12.0 Å². The Morgan fingerprint density at radius 2 is 1.94 bits per heavy atom. The van der Waals surface area contributed by atoms with Gasteiger partial charge in [0.2, 0.25) is 0 Å². The topological polar surface area (TPSA) is 27.7 Å². The second kappa shape index (κ2) is 6.33. The van der Waals surface area contributed by atoms with Crippen LogP contribution in [0.3, 0.4) is 0 Å². The van der Waals surface area contributed by atoms with Gasteiger partial charge in [-0.25, -0.2) is 4.39 Å². The first-order valence-corrected chi connectivity index (χ1v) is 5.15. The van der Waals surface area contributed by atoms with Gasteiger partial charge in [-0.3, -0.25) is 0 Å². The second-order valence-electron chi connectivity index (χ2n) is 3.45. The van der Waals surface area contributed by atoms with Crippen molar-refractivity contribution in [3.63, 3.8) is 0 Å². The molecule has 0 heterocycles. The van der Waals surface area contributed by atoms with Crippen molar-refractivity contribution in [2.75, 3.05) is 27.4 Å².